The van der Waals surface area contributed by atoms with Crippen molar-refractivity contribution < 1.29 is 4.79 Å². The summed E-state index contributed by atoms with van der Waals surface area (Å²) in [7, 11) is 0. The van der Waals surface area contributed by atoms with Gasteiger partial charge in [0.2, 0.25) is 5.91 Å². The first-order valence-electron chi connectivity index (χ1n) is 4.93. The highest BCUT2D eigenvalue weighted by Gasteiger charge is 2.17. The van der Waals surface area contributed by atoms with Crippen molar-refractivity contribution in [1.82, 2.24) is 0 Å². The Morgan fingerprint density at radius 3 is 2.62 bits per heavy atom. The normalized spacial score (nSPS) is 12.6. The Kier molecular flexibility index (Phi) is 4.77. The topological polar surface area (TPSA) is 55.1 Å². The molecule has 3 nitrogen and oxygen atoms in total. The van der Waals surface area contributed by atoms with Crippen LogP contribution in [0, 0.1) is 5.92 Å². The van der Waals surface area contributed by atoms with Crippen molar-refractivity contribution >= 4 is 39.1 Å². The molecule has 1 unspecified atom stereocenters. The number of benzene rings is 1. The van der Waals surface area contributed by atoms with Gasteiger partial charge in [-0.25, -0.2) is 0 Å². The Morgan fingerprint density at radius 2 is 2.12 bits per heavy atom. The van der Waals surface area contributed by atoms with E-state index in [2.05, 4.69) is 21.2 Å². The lowest BCUT2D eigenvalue weighted by Gasteiger charge is -2.15. The predicted octanol–water partition coefficient (Wildman–Crippen LogP) is 3.02. The second-order valence-corrected chi connectivity index (χ2v) is 5.15. The van der Waals surface area contributed by atoms with Gasteiger partial charge in [-0.2, -0.15) is 0 Å². The number of anilines is 1. The molecule has 88 valence electrons. The molecule has 1 rings (SSSR count). The quantitative estimate of drug-likeness (QED) is 0.902. The molecule has 0 saturated carbocycles. The summed E-state index contributed by atoms with van der Waals surface area (Å²) in [6, 6.07) is 4.71. The summed E-state index contributed by atoms with van der Waals surface area (Å²) in [5.74, 6) is -0.0979. The molecule has 0 heterocycles. The third-order valence-electron chi connectivity index (χ3n) is 2.21. The van der Waals surface area contributed by atoms with Crippen molar-refractivity contribution in [3.05, 3.63) is 27.7 Å². The van der Waals surface area contributed by atoms with Crippen molar-refractivity contribution in [3.63, 3.8) is 0 Å². The van der Waals surface area contributed by atoms with Crippen molar-refractivity contribution in [2.75, 3.05) is 5.32 Å². The van der Waals surface area contributed by atoms with E-state index in [4.69, 9.17) is 17.3 Å². The average molecular weight is 306 g/mol. The lowest BCUT2D eigenvalue weighted by molar-refractivity contribution is -0.118. The molecule has 3 N–H and O–H groups in total. The van der Waals surface area contributed by atoms with Gasteiger partial charge in [-0.05, 0) is 40.0 Å². The fraction of sp³-hybridized carbons (Fsp3) is 0.364. The van der Waals surface area contributed by atoms with Gasteiger partial charge in [-0.15, -0.1) is 0 Å². The van der Waals surface area contributed by atoms with Crippen LogP contribution in [0.15, 0.2) is 22.7 Å². The first-order chi connectivity index (χ1) is 7.41. The van der Waals surface area contributed by atoms with Crippen LogP contribution in [0.5, 0.6) is 0 Å². The van der Waals surface area contributed by atoms with Gasteiger partial charge in [0.25, 0.3) is 0 Å². The van der Waals surface area contributed by atoms with Gasteiger partial charge in [0.15, 0.2) is 0 Å². The van der Waals surface area contributed by atoms with E-state index in [1.165, 1.54) is 0 Å². The van der Waals surface area contributed by atoms with Crippen LogP contribution in [-0.4, -0.2) is 11.9 Å². The molecule has 0 saturated heterocycles. The number of hydrogen-bond donors (Lipinski definition) is 2. The van der Waals surface area contributed by atoms with E-state index in [1.807, 2.05) is 13.8 Å². The molecule has 0 aromatic heterocycles. The summed E-state index contributed by atoms with van der Waals surface area (Å²) >= 11 is 9.19. The molecular formula is C11H14BrClN2O. The molecule has 0 aliphatic heterocycles. The fourth-order valence-corrected chi connectivity index (χ4v) is 1.53. The Morgan fingerprint density at radius 1 is 1.50 bits per heavy atom. The molecule has 0 aliphatic rings. The van der Waals surface area contributed by atoms with E-state index in [1.54, 1.807) is 18.2 Å². The maximum absolute atomic E-state index is 11.7. The number of hydrogen-bond acceptors (Lipinski definition) is 2. The Labute approximate surface area is 108 Å². The average Bonchev–Trinajstić information content (AvgIpc) is 2.22. The Hall–Kier alpha value is -0.580. The van der Waals surface area contributed by atoms with Crippen molar-refractivity contribution in [1.29, 1.82) is 0 Å². The highest BCUT2D eigenvalue weighted by molar-refractivity contribution is 9.10. The van der Waals surface area contributed by atoms with Crippen LogP contribution in [0.2, 0.25) is 5.02 Å². The van der Waals surface area contributed by atoms with Crippen molar-refractivity contribution in [2.45, 2.75) is 19.9 Å². The van der Waals surface area contributed by atoms with E-state index in [0.717, 1.165) is 4.47 Å². The summed E-state index contributed by atoms with van der Waals surface area (Å²) in [5, 5.41) is 3.27. The zero-order valence-corrected chi connectivity index (χ0v) is 11.5. The first-order valence-corrected chi connectivity index (χ1v) is 6.10. The maximum atomic E-state index is 11.7. The highest BCUT2D eigenvalue weighted by Crippen LogP contribution is 2.25. The molecule has 1 atom stereocenters. The smallest absolute Gasteiger partial charge is 0.241 e. The maximum Gasteiger partial charge on any atom is 0.241 e. The number of halogens is 2. The van der Waals surface area contributed by atoms with E-state index in [0.29, 0.717) is 10.7 Å². The summed E-state index contributed by atoms with van der Waals surface area (Å²) < 4.78 is 0.792. The lowest BCUT2D eigenvalue weighted by atomic mass is 10.1. The number of nitrogens with one attached hydrogen (secondary N) is 1. The number of carbonyl (C=O) groups excluding carboxylic acids is 1. The zero-order chi connectivity index (χ0) is 12.3. The molecule has 0 radical (unpaired) electrons. The highest BCUT2D eigenvalue weighted by atomic mass is 79.9. The summed E-state index contributed by atoms with van der Waals surface area (Å²) in [4.78, 5) is 11.7. The fourth-order valence-electron chi connectivity index (χ4n) is 1.10. The minimum Gasteiger partial charge on any atom is -0.325 e. The van der Waals surface area contributed by atoms with E-state index >= 15 is 0 Å². The van der Waals surface area contributed by atoms with E-state index in [-0.39, 0.29) is 11.8 Å². The van der Waals surface area contributed by atoms with Crippen LogP contribution in [0.3, 0.4) is 0 Å². The first kappa shape index (κ1) is 13.5. The monoisotopic (exact) mass is 304 g/mol. The van der Waals surface area contributed by atoms with Crippen LogP contribution < -0.4 is 11.1 Å². The van der Waals surface area contributed by atoms with E-state index < -0.39 is 6.04 Å². The lowest BCUT2D eigenvalue weighted by Crippen LogP contribution is -2.39. The SMILES string of the molecule is CC(C)C(N)C(=O)Nc1ccc(Br)c(Cl)c1. The molecule has 5 heteroatoms. The van der Waals surface area contributed by atoms with Crippen LogP contribution in [0.25, 0.3) is 0 Å². The number of rotatable bonds is 3. The number of amides is 1. The molecule has 0 bridgehead atoms. The second-order valence-electron chi connectivity index (χ2n) is 3.89. The third-order valence-corrected chi connectivity index (χ3v) is 3.44. The van der Waals surface area contributed by atoms with Crippen LogP contribution >= 0.6 is 27.5 Å². The van der Waals surface area contributed by atoms with Gasteiger partial charge in [-0.3, -0.25) is 4.79 Å². The molecule has 1 aromatic carbocycles. The van der Waals surface area contributed by atoms with Gasteiger partial charge in [0.1, 0.15) is 0 Å². The minimum atomic E-state index is -0.512. The second kappa shape index (κ2) is 5.66. The third kappa shape index (κ3) is 3.47. The summed E-state index contributed by atoms with van der Waals surface area (Å²) in [5.41, 5.74) is 6.37. The molecule has 0 fully saturated rings. The molecule has 16 heavy (non-hydrogen) atoms. The molecule has 1 amide bonds. The van der Waals surface area contributed by atoms with E-state index in [9.17, 15) is 4.79 Å². The summed E-state index contributed by atoms with van der Waals surface area (Å²) in [6.07, 6.45) is 0. The summed E-state index contributed by atoms with van der Waals surface area (Å²) in [6.45, 7) is 3.80. The molecule has 1 aromatic rings. The van der Waals surface area contributed by atoms with Crippen LogP contribution in [-0.2, 0) is 4.79 Å². The Bertz CT molecular complexity index is 396. The Balaban J connectivity index is 2.74. The van der Waals surface area contributed by atoms with Gasteiger partial charge < -0.3 is 11.1 Å². The molecule has 0 spiro atoms. The molecule has 0 aliphatic carbocycles. The minimum absolute atomic E-state index is 0.103. The van der Waals surface area contributed by atoms with Crippen LogP contribution in [0.4, 0.5) is 5.69 Å². The van der Waals surface area contributed by atoms with Crippen molar-refractivity contribution in [2.24, 2.45) is 11.7 Å². The zero-order valence-electron chi connectivity index (χ0n) is 9.13. The van der Waals surface area contributed by atoms with Gasteiger partial charge in [0.05, 0.1) is 11.1 Å². The van der Waals surface area contributed by atoms with Gasteiger partial charge in [0, 0.05) is 10.2 Å². The largest absolute Gasteiger partial charge is 0.325 e. The number of nitrogens with two attached hydrogens (primary N) is 1. The predicted molar refractivity (Wildman–Crippen MR) is 70.6 cm³/mol. The van der Waals surface area contributed by atoms with Gasteiger partial charge >= 0.3 is 0 Å². The van der Waals surface area contributed by atoms with Crippen LogP contribution in [0.1, 0.15) is 13.8 Å². The van der Waals surface area contributed by atoms with Crippen molar-refractivity contribution in [3.8, 4) is 0 Å². The van der Waals surface area contributed by atoms with Gasteiger partial charge in [-0.1, -0.05) is 25.4 Å². The molecular weight excluding hydrogens is 291 g/mol. The standard InChI is InChI=1S/C11H14BrClN2O/c1-6(2)10(14)11(16)15-7-3-4-8(12)9(13)5-7/h3-6,10H,14H2,1-2H3,(H,15,16). The number of carbonyl (C=O) groups is 1.